The third-order valence-electron chi connectivity index (χ3n) is 4.85. The van der Waals surface area contributed by atoms with Crippen molar-refractivity contribution in [1.29, 1.82) is 0 Å². The molecule has 0 aliphatic carbocycles. The topological polar surface area (TPSA) is 124 Å². The van der Waals surface area contributed by atoms with E-state index in [9.17, 15) is 19.8 Å². The Morgan fingerprint density at radius 2 is 1.53 bits per heavy atom. The van der Waals surface area contributed by atoms with Gasteiger partial charge in [0.05, 0.1) is 13.2 Å². The average molecular weight is 445 g/mol. The molecule has 2 aromatic rings. The SMILES string of the molecule is CC(=O)Oc1ccccc1CNC1OC[C@@H](O)[C@@H](O)[C@@H]1OCc1ccccc1OC(C)=O. The molecule has 4 atom stereocenters. The number of benzene rings is 2. The van der Waals surface area contributed by atoms with Crippen molar-refractivity contribution in [3.05, 3.63) is 59.7 Å². The summed E-state index contributed by atoms with van der Waals surface area (Å²) >= 11 is 0. The van der Waals surface area contributed by atoms with Crippen LogP contribution in [0, 0.1) is 0 Å². The maximum Gasteiger partial charge on any atom is 0.308 e. The van der Waals surface area contributed by atoms with Crippen LogP contribution in [0.5, 0.6) is 11.5 Å². The molecule has 172 valence electrons. The molecule has 1 unspecified atom stereocenters. The average Bonchev–Trinajstić information content (AvgIpc) is 2.75. The van der Waals surface area contributed by atoms with Crippen LogP contribution in [0.3, 0.4) is 0 Å². The molecule has 0 radical (unpaired) electrons. The molecule has 9 heteroatoms. The van der Waals surface area contributed by atoms with Crippen molar-refractivity contribution in [3.63, 3.8) is 0 Å². The highest BCUT2D eigenvalue weighted by Gasteiger charge is 2.39. The molecule has 1 saturated heterocycles. The van der Waals surface area contributed by atoms with Crippen LogP contribution in [-0.2, 0) is 32.2 Å². The van der Waals surface area contributed by atoms with E-state index in [2.05, 4.69) is 5.32 Å². The van der Waals surface area contributed by atoms with E-state index < -0.39 is 36.5 Å². The van der Waals surface area contributed by atoms with Crippen molar-refractivity contribution in [1.82, 2.24) is 5.32 Å². The highest BCUT2D eigenvalue weighted by Crippen LogP contribution is 2.24. The third kappa shape index (κ3) is 6.35. The van der Waals surface area contributed by atoms with Crippen molar-refractivity contribution >= 4 is 11.9 Å². The summed E-state index contributed by atoms with van der Waals surface area (Å²) in [4.78, 5) is 22.7. The smallest absolute Gasteiger partial charge is 0.308 e. The van der Waals surface area contributed by atoms with Crippen LogP contribution >= 0.6 is 0 Å². The summed E-state index contributed by atoms with van der Waals surface area (Å²) in [6.07, 6.45) is -3.98. The number of carbonyl (C=O) groups excluding carboxylic acids is 2. The Kier molecular flexibility index (Phi) is 8.32. The Labute approximate surface area is 185 Å². The van der Waals surface area contributed by atoms with Crippen LogP contribution in [0.15, 0.2) is 48.5 Å². The van der Waals surface area contributed by atoms with Gasteiger partial charge in [-0.3, -0.25) is 14.9 Å². The first-order valence-corrected chi connectivity index (χ1v) is 10.2. The van der Waals surface area contributed by atoms with E-state index in [1.54, 1.807) is 42.5 Å². The van der Waals surface area contributed by atoms with Gasteiger partial charge in [-0.1, -0.05) is 36.4 Å². The molecule has 1 aliphatic heterocycles. The van der Waals surface area contributed by atoms with E-state index in [1.807, 2.05) is 6.07 Å². The molecular formula is C23H27NO8. The van der Waals surface area contributed by atoms with Gasteiger partial charge in [0, 0.05) is 31.5 Å². The number of aliphatic hydroxyl groups is 2. The number of hydrogen-bond donors (Lipinski definition) is 3. The second kappa shape index (κ2) is 11.2. The number of ether oxygens (including phenoxy) is 4. The molecule has 1 heterocycles. The Morgan fingerprint density at radius 1 is 0.969 bits per heavy atom. The summed E-state index contributed by atoms with van der Waals surface area (Å²) < 4.78 is 22.0. The molecule has 1 fully saturated rings. The summed E-state index contributed by atoms with van der Waals surface area (Å²) in [7, 11) is 0. The Morgan fingerprint density at radius 3 is 2.16 bits per heavy atom. The minimum absolute atomic E-state index is 0.0173. The van der Waals surface area contributed by atoms with Gasteiger partial charge in [0.1, 0.15) is 36.0 Å². The quantitative estimate of drug-likeness (QED) is 0.407. The number of carbonyl (C=O) groups is 2. The molecule has 3 rings (SSSR count). The number of nitrogens with one attached hydrogen (secondary N) is 1. The second-order valence-corrected chi connectivity index (χ2v) is 7.37. The summed E-state index contributed by atoms with van der Waals surface area (Å²) in [5, 5.41) is 23.7. The first kappa shape index (κ1) is 23.8. The molecule has 0 spiro atoms. The Hall–Kier alpha value is -2.82. The van der Waals surface area contributed by atoms with Gasteiger partial charge < -0.3 is 29.2 Å². The molecule has 0 bridgehead atoms. The van der Waals surface area contributed by atoms with E-state index in [0.29, 0.717) is 22.6 Å². The van der Waals surface area contributed by atoms with Gasteiger partial charge in [-0.15, -0.1) is 0 Å². The molecule has 0 amide bonds. The minimum atomic E-state index is -1.20. The maximum atomic E-state index is 11.3. The van der Waals surface area contributed by atoms with Gasteiger partial charge >= 0.3 is 11.9 Å². The molecular weight excluding hydrogens is 418 g/mol. The number of aliphatic hydroxyl groups excluding tert-OH is 2. The lowest BCUT2D eigenvalue weighted by atomic mass is 10.0. The van der Waals surface area contributed by atoms with Gasteiger partial charge in [-0.05, 0) is 12.1 Å². The van der Waals surface area contributed by atoms with Crippen LogP contribution in [-0.4, -0.2) is 53.3 Å². The van der Waals surface area contributed by atoms with E-state index in [4.69, 9.17) is 18.9 Å². The van der Waals surface area contributed by atoms with E-state index in [1.165, 1.54) is 13.8 Å². The first-order valence-electron chi connectivity index (χ1n) is 10.2. The molecule has 1 aliphatic rings. The fraction of sp³-hybridized carbons (Fsp3) is 0.391. The van der Waals surface area contributed by atoms with Crippen molar-refractivity contribution in [2.75, 3.05) is 6.61 Å². The molecule has 2 aromatic carbocycles. The van der Waals surface area contributed by atoms with Crippen molar-refractivity contribution < 1.29 is 38.7 Å². The normalized spacial score (nSPS) is 22.9. The summed E-state index contributed by atoms with van der Waals surface area (Å²) in [6, 6.07) is 13.9. The molecule has 9 nitrogen and oxygen atoms in total. The lowest BCUT2D eigenvalue weighted by Gasteiger charge is -2.38. The predicted octanol–water partition coefficient (Wildman–Crippen LogP) is 1.29. The van der Waals surface area contributed by atoms with Crippen molar-refractivity contribution in [2.24, 2.45) is 0 Å². The second-order valence-electron chi connectivity index (χ2n) is 7.37. The standard InChI is InChI=1S/C23H27NO8/c1-14(25)31-19-9-5-3-7-16(19)11-24-23-22(21(28)18(27)13-30-23)29-12-17-8-4-6-10-20(17)32-15(2)26/h3-10,18,21-24,27-28H,11-13H2,1-2H3/t18-,21-,22+,23?/m1/s1. The van der Waals surface area contributed by atoms with Gasteiger partial charge in [0.25, 0.3) is 0 Å². The van der Waals surface area contributed by atoms with Gasteiger partial charge in [-0.2, -0.15) is 0 Å². The highest BCUT2D eigenvalue weighted by molar-refractivity contribution is 5.70. The van der Waals surface area contributed by atoms with Crippen LogP contribution in [0.4, 0.5) is 0 Å². The summed E-state index contributed by atoms with van der Waals surface area (Å²) in [6.45, 7) is 2.84. The Balaban J connectivity index is 1.70. The largest absolute Gasteiger partial charge is 0.426 e. The molecule has 0 aromatic heterocycles. The zero-order chi connectivity index (χ0) is 23.1. The minimum Gasteiger partial charge on any atom is -0.426 e. The van der Waals surface area contributed by atoms with Crippen LogP contribution in [0.25, 0.3) is 0 Å². The maximum absolute atomic E-state index is 11.3. The van der Waals surface area contributed by atoms with Gasteiger partial charge in [0.2, 0.25) is 0 Å². The fourth-order valence-electron chi connectivity index (χ4n) is 3.33. The third-order valence-corrected chi connectivity index (χ3v) is 4.85. The summed E-state index contributed by atoms with van der Waals surface area (Å²) in [5.74, 6) is -0.124. The zero-order valence-corrected chi connectivity index (χ0v) is 17.9. The van der Waals surface area contributed by atoms with Crippen molar-refractivity contribution in [2.45, 2.75) is 51.5 Å². The Bertz CT molecular complexity index is 934. The first-order chi connectivity index (χ1) is 15.3. The fourth-order valence-corrected chi connectivity index (χ4v) is 3.33. The molecule has 32 heavy (non-hydrogen) atoms. The molecule has 0 saturated carbocycles. The summed E-state index contributed by atoms with van der Waals surface area (Å²) in [5.41, 5.74) is 1.32. The van der Waals surface area contributed by atoms with Crippen molar-refractivity contribution in [3.8, 4) is 11.5 Å². The van der Waals surface area contributed by atoms with E-state index in [-0.39, 0.29) is 19.8 Å². The van der Waals surface area contributed by atoms with Gasteiger partial charge in [0.15, 0.2) is 0 Å². The number of rotatable bonds is 8. The zero-order valence-electron chi connectivity index (χ0n) is 17.9. The lowest BCUT2D eigenvalue weighted by molar-refractivity contribution is -0.215. The van der Waals surface area contributed by atoms with Crippen LogP contribution < -0.4 is 14.8 Å². The number of esters is 2. The lowest BCUT2D eigenvalue weighted by Crippen LogP contribution is -2.58. The number of hydrogen-bond acceptors (Lipinski definition) is 9. The van der Waals surface area contributed by atoms with E-state index in [0.717, 1.165) is 0 Å². The van der Waals surface area contributed by atoms with Crippen LogP contribution in [0.2, 0.25) is 0 Å². The predicted molar refractivity (Wildman–Crippen MR) is 113 cm³/mol. The highest BCUT2D eigenvalue weighted by atomic mass is 16.6. The van der Waals surface area contributed by atoms with Gasteiger partial charge in [-0.25, -0.2) is 0 Å². The number of para-hydroxylation sites is 2. The monoisotopic (exact) mass is 445 g/mol. The van der Waals surface area contributed by atoms with E-state index >= 15 is 0 Å². The molecule has 3 N–H and O–H groups in total. The van der Waals surface area contributed by atoms with Crippen LogP contribution in [0.1, 0.15) is 25.0 Å².